The number of pyridine rings is 1. The van der Waals surface area contributed by atoms with Crippen LogP contribution in [0.15, 0.2) is 59.8 Å². The molecule has 3 heterocycles. The maximum absolute atomic E-state index is 13.8. The van der Waals surface area contributed by atoms with E-state index in [0.29, 0.717) is 44.1 Å². The van der Waals surface area contributed by atoms with Crippen LogP contribution in [0.2, 0.25) is 6.32 Å². The summed E-state index contributed by atoms with van der Waals surface area (Å²) in [6, 6.07) is 12.8. The minimum atomic E-state index is -1.06. The average molecular weight is 601 g/mol. The van der Waals surface area contributed by atoms with Gasteiger partial charge in [0.1, 0.15) is 5.75 Å². The fourth-order valence-corrected chi connectivity index (χ4v) is 7.17. The standard InChI is InChI=1S/C34H41BN2O7/c1-21(2)24-19-25-32(34(42)37(33(25)41)17-9-3-4-13-30(39)40)26-20-35(43)44-29(31(24)26)15-14-22(27-11-7-8-16-36-27)18-23-10-5-6-12-28(23)38/h5-8,10-12,16,18,21,25-26,29,32,38,43H,3-4,9,13-15,17,19-20H2,1-2H3,(H,39,40)/b22-18-/t25-,26+,29-,32-/m1/s1. The Labute approximate surface area is 258 Å². The van der Waals surface area contributed by atoms with Crippen molar-refractivity contribution in [2.24, 2.45) is 23.7 Å². The molecule has 5 rings (SSSR count). The molecule has 1 aliphatic carbocycles. The van der Waals surface area contributed by atoms with E-state index >= 15 is 0 Å². The second kappa shape index (κ2) is 13.9. The monoisotopic (exact) mass is 600 g/mol. The Hall–Kier alpha value is -3.76. The number of nitrogens with zero attached hydrogens (tertiary/aromatic N) is 2. The number of likely N-dealkylation sites (tertiary alicyclic amines) is 1. The Morgan fingerprint density at radius 1 is 1.07 bits per heavy atom. The van der Waals surface area contributed by atoms with Gasteiger partial charge < -0.3 is 19.9 Å². The number of carboxylic acids is 1. The Morgan fingerprint density at radius 2 is 1.84 bits per heavy atom. The number of carbonyl (C=O) groups is 3. The first kappa shape index (κ1) is 31.7. The van der Waals surface area contributed by atoms with Crippen molar-refractivity contribution in [2.75, 3.05) is 6.54 Å². The number of para-hydroxylation sites is 1. The van der Waals surface area contributed by atoms with Crippen LogP contribution in [0, 0.1) is 23.7 Å². The third-order valence-corrected chi connectivity index (χ3v) is 9.24. The summed E-state index contributed by atoms with van der Waals surface area (Å²) in [7, 11) is -1.06. The predicted molar refractivity (Wildman–Crippen MR) is 167 cm³/mol. The molecule has 2 fully saturated rings. The van der Waals surface area contributed by atoms with Gasteiger partial charge in [-0.15, -0.1) is 0 Å². The number of imide groups is 1. The maximum atomic E-state index is 13.8. The predicted octanol–water partition coefficient (Wildman–Crippen LogP) is 5.21. The van der Waals surface area contributed by atoms with Crippen LogP contribution in [0.25, 0.3) is 11.6 Å². The summed E-state index contributed by atoms with van der Waals surface area (Å²) in [6.07, 6.45) is 6.83. The molecule has 3 aliphatic rings. The maximum Gasteiger partial charge on any atom is 0.455 e. The molecule has 0 unspecified atom stereocenters. The van der Waals surface area contributed by atoms with E-state index in [1.807, 2.05) is 36.4 Å². The molecule has 0 bridgehead atoms. The fraction of sp³-hybridized carbons (Fsp3) is 0.471. The Kier molecular flexibility index (Phi) is 10.0. The Balaban J connectivity index is 1.40. The smallest absolute Gasteiger partial charge is 0.455 e. The second-order valence-corrected chi connectivity index (χ2v) is 12.4. The highest BCUT2D eigenvalue weighted by molar-refractivity contribution is 6.43. The zero-order chi connectivity index (χ0) is 31.4. The first-order valence-corrected chi connectivity index (χ1v) is 15.7. The highest BCUT2D eigenvalue weighted by Gasteiger charge is 2.57. The highest BCUT2D eigenvalue weighted by atomic mass is 16.5. The number of aromatic nitrogens is 1. The normalized spacial score (nSPS) is 23.8. The van der Waals surface area contributed by atoms with E-state index < -0.39 is 31.0 Å². The van der Waals surface area contributed by atoms with Gasteiger partial charge in [-0.1, -0.05) is 50.1 Å². The quantitative estimate of drug-likeness (QED) is 0.131. The molecule has 2 aromatic rings. The highest BCUT2D eigenvalue weighted by Crippen LogP contribution is 2.52. The van der Waals surface area contributed by atoms with E-state index in [1.54, 1.807) is 18.3 Å². The van der Waals surface area contributed by atoms with E-state index in [4.69, 9.17) is 9.76 Å². The number of phenolic OH excluding ortho intramolecular Hbond substituents is 1. The number of phenols is 1. The first-order chi connectivity index (χ1) is 21.2. The number of carboxylic acid groups (broad SMARTS) is 1. The molecule has 3 N–H and O–H groups in total. The average Bonchev–Trinajstić information content (AvgIpc) is 3.24. The minimum absolute atomic E-state index is 0.0727. The summed E-state index contributed by atoms with van der Waals surface area (Å²) in [4.78, 5) is 44.1. The molecule has 2 amide bonds. The van der Waals surface area contributed by atoms with Crippen LogP contribution < -0.4 is 0 Å². The number of carbonyl (C=O) groups excluding carboxylic acids is 2. The SMILES string of the molecule is CC(C)C1=C2[C@@H](CC/C(=C/c3ccccc3O)c3ccccn3)OB(O)C[C@@H]2[C@@H]2C(=O)N(CCCCCC(=O)O)C(=O)[C@@H]2C1. The van der Waals surface area contributed by atoms with Crippen molar-refractivity contribution < 1.29 is 34.3 Å². The number of unbranched alkanes of at least 4 members (excludes halogenated alkanes) is 2. The molecule has 44 heavy (non-hydrogen) atoms. The van der Waals surface area contributed by atoms with Crippen molar-refractivity contribution >= 4 is 36.6 Å². The Bertz CT molecular complexity index is 1440. The second-order valence-electron chi connectivity index (χ2n) is 12.4. The molecule has 2 aliphatic heterocycles. The lowest BCUT2D eigenvalue weighted by atomic mass is 9.57. The molecule has 4 atom stereocenters. The first-order valence-electron chi connectivity index (χ1n) is 15.7. The zero-order valence-electron chi connectivity index (χ0n) is 25.4. The lowest BCUT2D eigenvalue weighted by molar-refractivity contribution is -0.141. The molecule has 0 radical (unpaired) electrons. The number of fused-ring (bicyclic) bond motifs is 3. The van der Waals surface area contributed by atoms with Crippen LogP contribution in [0.4, 0.5) is 0 Å². The number of rotatable bonds is 12. The molecule has 1 aromatic heterocycles. The van der Waals surface area contributed by atoms with Gasteiger partial charge in [-0.3, -0.25) is 24.3 Å². The van der Waals surface area contributed by atoms with Crippen molar-refractivity contribution in [3.05, 3.63) is 71.1 Å². The fourth-order valence-electron chi connectivity index (χ4n) is 7.17. The van der Waals surface area contributed by atoms with Gasteiger partial charge in [0.25, 0.3) is 0 Å². The number of aliphatic carboxylic acids is 1. The topological polar surface area (TPSA) is 137 Å². The molecular formula is C34H41BN2O7. The number of allylic oxidation sites excluding steroid dienone is 2. The van der Waals surface area contributed by atoms with Crippen molar-refractivity contribution in [3.8, 4) is 5.75 Å². The third-order valence-electron chi connectivity index (χ3n) is 9.24. The van der Waals surface area contributed by atoms with Gasteiger partial charge >= 0.3 is 13.1 Å². The number of amides is 2. The van der Waals surface area contributed by atoms with E-state index in [1.165, 1.54) is 4.90 Å². The van der Waals surface area contributed by atoms with Gasteiger partial charge in [0.2, 0.25) is 11.8 Å². The van der Waals surface area contributed by atoms with Gasteiger partial charge in [0.15, 0.2) is 0 Å². The third kappa shape index (κ3) is 6.81. The molecule has 1 aromatic carbocycles. The number of aromatic hydroxyl groups is 1. The van der Waals surface area contributed by atoms with Crippen LogP contribution in [-0.4, -0.2) is 62.7 Å². The van der Waals surface area contributed by atoms with E-state index in [-0.39, 0.29) is 48.7 Å². The van der Waals surface area contributed by atoms with Gasteiger partial charge in [-0.05, 0) is 85.7 Å². The molecular weight excluding hydrogens is 559 g/mol. The van der Waals surface area contributed by atoms with Crippen molar-refractivity contribution in [1.82, 2.24) is 9.88 Å². The number of hydrogen-bond acceptors (Lipinski definition) is 7. The van der Waals surface area contributed by atoms with Gasteiger partial charge in [0, 0.05) is 24.7 Å². The molecule has 0 spiro atoms. The van der Waals surface area contributed by atoms with Crippen LogP contribution in [0.1, 0.15) is 70.1 Å². The summed E-state index contributed by atoms with van der Waals surface area (Å²) in [6.45, 7) is 4.48. The summed E-state index contributed by atoms with van der Waals surface area (Å²) in [5.74, 6) is -2.18. The Morgan fingerprint density at radius 3 is 2.55 bits per heavy atom. The lowest BCUT2D eigenvalue weighted by Gasteiger charge is -2.44. The molecule has 10 heteroatoms. The molecule has 2 saturated heterocycles. The summed E-state index contributed by atoms with van der Waals surface area (Å²) in [5, 5.41) is 30.3. The molecule has 232 valence electrons. The summed E-state index contributed by atoms with van der Waals surface area (Å²) >= 11 is 0. The summed E-state index contributed by atoms with van der Waals surface area (Å²) in [5.41, 5.74) is 4.53. The van der Waals surface area contributed by atoms with Crippen LogP contribution >= 0.6 is 0 Å². The van der Waals surface area contributed by atoms with E-state index in [2.05, 4.69) is 18.8 Å². The minimum Gasteiger partial charge on any atom is -0.507 e. The van der Waals surface area contributed by atoms with Gasteiger partial charge in [-0.25, -0.2) is 0 Å². The molecule has 0 saturated carbocycles. The largest absolute Gasteiger partial charge is 0.507 e. The van der Waals surface area contributed by atoms with Crippen LogP contribution in [0.3, 0.4) is 0 Å². The van der Waals surface area contributed by atoms with Crippen molar-refractivity contribution in [3.63, 3.8) is 0 Å². The molecule has 9 nitrogen and oxygen atoms in total. The van der Waals surface area contributed by atoms with Gasteiger partial charge in [-0.2, -0.15) is 0 Å². The summed E-state index contributed by atoms with van der Waals surface area (Å²) < 4.78 is 6.19. The van der Waals surface area contributed by atoms with E-state index in [9.17, 15) is 24.5 Å². The van der Waals surface area contributed by atoms with E-state index in [0.717, 1.165) is 22.4 Å². The van der Waals surface area contributed by atoms with Gasteiger partial charge in [0.05, 0.1) is 23.6 Å². The van der Waals surface area contributed by atoms with Crippen molar-refractivity contribution in [1.29, 1.82) is 0 Å². The van der Waals surface area contributed by atoms with Crippen molar-refractivity contribution in [2.45, 2.75) is 71.2 Å². The van der Waals surface area contributed by atoms with Crippen LogP contribution in [-0.2, 0) is 19.0 Å². The zero-order valence-corrected chi connectivity index (χ0v) is 25.4. The number of benzene rings is 1. The van der Waals surface area contributed by atoms with Crippen LogP contribution in [0.5, 0.6) is 5.75 Å². The lowest BCUT2D eigenvalue weighted by Crippen LogP contribution is -2.46. The number of hydrogen-bond donors (Lipinski definition) is 3.